The third-order valence-electron chi connectivity index (χ3n) is 3.43. The highest BCUT2D eigenvalue weighted by Crippen LogP contribution is 2.42. The summed E-state index contributed by atoms with van der Waals surface area (Å²) >= 11 is 0. The van der Waals surface area contributed by atoms with Crippen LogP contribution in [0, 0.1) is 11.3 Å². The van der Waals surface area contributed by atoms with Gasteiger partial charge >= 0.3 is 0 Å². The monoisotopic (exact) mass is 184 g/mol. The Labute approximate surface area is 78.1 Å². The molecule has 0 aromatic carbocycles. The van der Waals surface area contributed by atoms with Crippen LogP contribution in [0.25, 0.3) is 0 Å². The summed E-state index contributed by atoms with van der Waals surface area (Å²) in [6.07, 6.45) is 0. The molecule has 0 spiro atoms. The average molecular weight is 184 g/mol. The maximum Gasteiger partial charge on any atom is 0.169 e. The third kappa shape index (κ3) is 1.15. The van der Waals surface area contributed by atoms with E-state index in [1.54, 1.807) is 6.92 Å². The Morgan fingerprint density at radius 2 is 1.77 bits per heavy atom. The molecule has 0 radical (unpaired) electrons. The molecule has 0 amide bonds. The van der Waals surface area contributed by atoms with Crippen molar-refractivity contribution in [2.75, 3.05) is 13.2 Å². The summed E-state index contributed by atoms with van der Waals surface area (Å²) < 4.78 is 0. The van der Waals surface area contributed by atoms with Crippen LogP contribution in [0.5, 0.6) is 0 Å². The van der Waals surface area contributed by atoms with Gasteiger partial charge < -0.3 is 10.2 Å². The summed E-state index contributed by atoms with van der Waals surface area (Å²) in [6.45, 7) is 4.94. The molecule has 0 saturated carbocycles. The smallest absolute Gasteiger partial charge is 0.169 e. The topological polar surface area (TPSA) is 57.5 Å². The number of rotatable bonds is 2. The molecule has 74 valence electrons. The lowest BCUT2D eigenvalue weighted by Crippen LogP contribution is -2.40. The molecule has 13 heavy (non-hydrogen) atoms. The van der Waals surface area contributed by atoms with E-state index in [9.17, 15) is 15.0 Å². The van der Waals surface area contributed by atoms with Crippen LogP contribution in [0.2, 0.25) is 0 Å². The molecule has 0 fully saturated rings. The summed E-state index contributed by atoms with van der Waals surface area (Å²) in [6, 6.07) is 0. The molecule has 1 unspecified atom stereocenters. The van der Waals surface area contributed by atoms with Crippen molar-refractivity contribution < 1.29 is 15.0 Å². The summed E-state index contributed by atoms with van der Waals surface area (Å²) in [7, 11) is 0. The highest BCUT2D eigenvalue weighted by atomic mass is 16.3. The van der Waals surface area contributed by atoms with Gasteiger partial charge in [-0.05, 0) is 25.3 Å². The quantitative estimate of drug-likeness (QED) is 0.657. The summed E-state index contributed by atoms with van der Waals surface area (Å²) in [5.41, 5.74) is 0.706. The first-order chi connectivity index (χ1) is 6.01. The predicted octanol–water partition coefficient (Wildman–Crippen LogP) is 0.513. The molecule has 2 N–H and O–H groups in total. The lowest BCUT2D eigenvalue weighted by atomic mass is 9.77. The highest BCUT2D eigenvalue weighted by Gasteiger charge is 2.49. The Hall–Kier alpha value is -0.670. The Kier molecular flexibility index (Phi) is 2.59. The second-order valence-electron chi connectivity index (χ2n) is 3.83. The van der Waals surface area contributed by atoms with Crippen molar-refractivity contribution in [3.63, 3.8) is 0 Å². The molecule has 3 nitrogen and oxygen atoms in total. The number of aliphatic hydroxyl groups excluding tert-OH is 2. The first-order valence-electron chi connectivity index (χ1n) is 4.45. The molecule has 0 heterocycles. The normalized spacial score (nSPS) is 27.2. The van der Waals surface area contributed by atoms with Gasteiger partial charge in [-0.2, -0.15) is 0 Å². The first-order valence-corrected chi connectivity index (χ1v) is 4.45. The molecule has 0 saturated heterocycles. The van der Waals surface area contributed by atoms with Gasteiger partial charge in [-0.25, -0.2) is 0 Å². The van der Waals surface area contributed by atoms with E-state index in [1.807, 2.05) is 13.8 Å². The number of hydrogen-bond acceptors (Lipinski definition) is 3. The van der Waals surface area contributed by atoms with Gasteiger partial charge in [-0.1, -0.05) is 12.5 Å². The van der Waals surface area contributed by atoms with E-state index < -0.39 is 5.41 Å². The number of Topliss-reactive ketones (excluding diaryl/α,β-unsaturated/α-hetero) is 1. The average Bonchev–Trinajstić information content (AvgIpc) is 2.31. The van der Waals surface area contributed by atoms with E-state index in [0.29, 0.717) is 5.57 Å². The van der Waals surface area contributed by atoms with Gasteiger partial charge in [0.1, 0.15) is 0 Å². The molecule has 3 heteroatoms. The molecular formula is C10H16O3. The summed E-state index contributed by atoms with van der Waals surface area (Å²) in [5, 5.41) is 18.4. The van der Waals surface area contributed by atoms with Crippen molar-refractivity contribution in [1.82, 2.24) is 0 Å². The fourth-order valence-electron chi connectivity index (χ4n) is 1.96. The van der Waals surface area contributed by atoms with Gasteiger partial charge in [-0.3, -0.25) is 4.79 Å². The Morgan fingerprint density at radius 3 is 1.92 bits per heavy atom. The van der Waals surface area contributed by atoms with Gasteiger partial charge in [0.05, 0.1) is 18.6 Å². The molecule has 1 rings (SSSR count). The van der Waals surface area contributed by atoms with Gasteiger partial charge in [0.15, 0.2) is 5.78 Å². The zero-order valence-electron chi connectivity index (χ0n) is 8.29. The Balaban J connectivity index is 3.14. The van der Waals surface area contributed by atoms with Crippen molar-refractivity contribution in [2.45, 2.75) is 20.8 Å². The lowest BCUT2D eigenvalue weighted by Gasteiger charge is -2.28. The minimum absolute atomic E-state index is 0.0602. The number of carbonyl (C=O) groups excluding carboxylic acids is 1. The van der Waals surface area contributed by atoms with E-state index in [2.05, 4.69) is 0 Å². The largest absolute Gasteiger partial charge is 0.395 e. The van der Waals surface area contributed by atoms with Gasteiger partial charge in [-0.15, -0.1) is 0 Å². The van der Waals surface area contributed by atoms with Crippen LogP contribution in [0.3, 0.4) is 0 Å². The molecule has 0 bridgehead atoms. The molecular weight excluding hydrogens is 168 g/mol. The zero-order chi connectivity index (χ0) is 10.2. The van der Waals surface area contributed by atoms with Crippen molar-refractivity contribution in [1.29, 1.82) is 0 Å². The summed E-state index contributed by atoms with van der Waals surface area (Å²) in [5.74, 6) is -0.169. The van der Waals surface area contributed by atoms with Crippen molar-refractivity contribution in [3.05, 3.63) is 11.1 Å². The lowest BCUT2D eigenvalue weighted by molar-refractivity contribution is -0.130. The molecule has 0 aromatic heterocycles. The Morgan fingerprint density at radius 1 is 1.31 bits per heavy atom. The molecule has 1 aliphatic carbocycles. The van der Waals surface area contributed by atoms with Gasteiger partial charge in [0.2, 0.25) is 0 Å². The van der Waals surface area contributed by atoms with Crippen LogP contribution in [0.15, 0.2) is 11.1 Å². The predicted molar refractivity (Wildman–Crippen MR) is 49.1 cm³/mol. The van der Waals surface area contributed by atoms with Crippen molar-refractivity contribution >= 4 is 5.78 Å². The van der Waals surface area contributed by atoms with Gasteiger partial charge in [0, 0.05) is 0 Å². The van der Waals surface area contributed by atoms with Gasteiger partial charge in [0.25, 0.3) is 0 Å². The number of aliphatic hydroxyl groups is 2. The van der Waals surface area contributed by atoms with E-state index in [-0.39, 0.29) is 24.9 Å². The maximum atomic E-state index is 11.7. The number of allylic oxidation sites excluding steroid dienone is 2. The van der Waals surface area contributed by atoms with Crippen LogP contribution >= 0.6 is 0 Å². The minimum Gasteiger partial charge on any atom is -0.395 e. The van der Waals surface area contributed by atoms with E-state index in [1.165, 1.54) is 0 Å². The van der Waals surface area contributed by atoms with Crippen LogP contribution in [-0.2, 0) is 4.79 Å². The first kappa shape index (κ1) is 10.4. The molecule has 0 aromatic rings. The molecule has 0 aliphatic heterocycles. The zero-order valence-corrected chi connectivity index (χ0v) is 8.29. The molecule has 1 aliphatic rings. The van der Waals surface area contributed by atoms with Crippen LogP contribution in [-0.4, -0.2) is 29.2 Å². The second kappa shape index (κ2) is 3.24. The van der Waals surface area contributed by atoms with E-state index >= 15 is 0 Å². The summed E-state index contributed by atoms with van der Waals surface area (Å²) in [4.78, 5) is 11.7. The minimum atomic E-state index is -0.964. The van der Waals surface area contributed by atoms with Crippen LogP contribution in [0.1, 0.15) is 20.8 Å². The fourth-order valence-corrected chi connectivity index (χ4v) is 1.96. The SMILES string of the molecule is CC1=C(C)C(C)C(CO)(CO)C1=O. The Bertz CT molecular complexity index is 261. The number of carbonyl (C=O) groups is 1. The number of hydrogen-bond donors (Lipinski definition) is 2. The highest BCUT2D eigenvalue weighted by molar-refractivity contribution is 6.03. The van der Waals surface area contributed by atoms with Crippen LogP contribution < -0.4 is 0 Å². The van der Waals surface area contributed by atoms with Crippen LogP contribution in [0.4, 0.5) is 0 Å². The number of ketones is 1. The standard InChI is InChI=1S/C10H16O3/c1-6-7(2)9(13)10(4-11,5-12)8(6)3/h8,11-12H,4-5H2,1-3H3. The van der Waals surface area contributed by atoms with Crippen molar-refractivity contribution in [2.24, 2.45) is 11.3 Å². The van der Waals surface area contributed by atoms with Crippen molar-refractivity contribution in [3.8, 4) is 0 Å². The second-order valence-corrected chi connectivity index (χ2v) is 3.83. The molecule has 1 atom stereocenters. The van der Waals surface area contributed by atoms with E-state index in [0.717, 1.165) is 5.57 Å². The fraction of sp³-hybridized carbons (Fsp3) is 0.700. The maximum absolute atomic E-state index is 11.7. The third-order valence-corrected chi connectivity index (χ3v) is 3.43. The van der Waals surface area contributed by atoms with E-state index in [4.69, 9.17) is 0 Å².